The van der Waals surface area contributed by atoms with Crippen LogP contribution in [0, 0.1) is 0 Å². The fourth-order valence-electron chi connectivity index (χ4n) is 0.177. The maximum atomic E-state index is 3.36. The number of hydrogen-bond acceptors (Lipinski definition) is 1. The van der Waals surface area contributed by atoms with Crippen LogP contribution in [-0.2, 0) is 0 Å². The van der Waals surface area contributed by atoms with Crippen molar-refractivity contribution in [2.24, 2.45) is 0 Å². The van der Waals surface area contributed by atoms with Gasteiger partial charge in [0.1, 0.15) is 0 Å². The molecule has 1 aliphatic heterocycles. The summed E-state index contributed by atoms with van der Waals surface area (Å²) in [5.41, 5.74) is 0. The second-order valence-electron chi connectivity index (χ2n) is 1.51. The van der Waals surface area contributed by atoms with Gasteiger partial charge in [-0.05, 0) is 26.4 Å². The minimum absolute atomic E-state index is 1.25. The molecule has 7 heavy (non-hydrogen) atoms. The van der Waals surface area contributed by atoms with Crippen LogP contribution in [0.25, 0.3) is 0 Å². The molecule has 0 atom stereocenters. The molecule has 0 bridgehead atoms. The van der Waals surface area contributed by atoms with E-state index in [4.69, 9.17) is 0 Å². The zero-order chi connectivity index (χ0) is 5.54. The van der Waals surface area contributed by atoms with Gasteiger partial charge in [0.25, 0.3) is 0 Å². The van der Waals surface area contributed by atoms with Crippen molar-refractivity contribution in [1.82, 2.24) is 5.32 Å². The Labute approximate surface area is 45.4 Å². The van der Waals surface area contributed by atoms with E-state index in [-0.39, 0.29) is 0 Å². The second-order valence-corrected chi connectivity index (χ2v) is 1.51. The molecular formula is C6H13N. The van der Waals surface area contributed by atoms with E-state index < -0.39 is 0 Å². The zero-order valence-electron chi connectivity index (χ0n) is 4.91. The molecule has 1 N–H and O–H groups in total. The third-order valence-corrected chi connectivity index (χ3v) is 0.707. The normalized spacial score (nSPS) is 15.6. The summed E-state index contributed by atoms with van der Waals surface area (Å²) in [6.07, 6.45) is 3.14. The Balaban J connectivity index is 0.000000110. The molecule has 0 spiro atoms. The van der Waals surface area contributed by atoms with Gasteiger partial charge in [-0.1, -0.05) is 6.08 Å². The highest BCUT2D eigenvalue weighted by Crippen LogP contribution is 1.80. The summed E-state index contributed by atoms with van der Waals surface area (Å²) in [7, 11) is 0. The Bertz CT molecular complexity index is 33.4. The van der Waals surface area contributed by atoms with Crippen molar-refractivity contribution >= 4 is 0 Å². The lowest BCUT2D eigenvalue weighted by atomic mass is 10.3. The predicted molar refractivity (Wildman–Crippen MR) is 33.4 cm³/mol. The van der Waals surface area contributed by atoms with E-state index in [1.165, 1.54) is 19.5 Å². The van der Waals surface area contributed by atoms with Gasteiger partial charge in [-0.2, -0.15) is 0 Å². The van der Waals surface area contributed by atoms with Crippen molar-refractivity contribution in [1.29, 1.82) is 0 Å². The number of hydrogen-bond donors (Lipinski definition) is 1. The van der Waals surface area contributed by atoms with Gasteiger partial charge in [-0.25, -0.2) is 0 Å². The molecule has 0 unspecified atom stereocenters. The number of rotatable bonds is 0. The molecule has 1 fully saturated rings. The highest BCUT2D eigenvalue weighted by Gasteiger charge is 1.92. The summed E-state index contributed by atoms with van der Waals surface area (Å²) in [6.45, 7) is 7.75. The first kappa shape index (κ1) is 6.70. The van der Waals surface area contributed by atoms with Crippen molar-refractivity contribution in [2.75, 3.05) is 13.1 Å². The molecular weight excluding hydrogens is 86.1 g/mol. The maximum absolute atomic E-state index is 3.36. The lowest BCUT2D eigenvalue weighted by molar-refractivity contribution is 0.527. The van der Waals surface area contributed by atoms with Crippen molar-refractivity contribution in [3.05, 3.63) is 12.7 Å². The molecule has 1 saturated heterocycles. The molecule has 1 heterocycles. The molecule has 0 amide bonds. The van der Waals surface area contributed by atoms with Gasteiger partial charge in [0.05, 0.1) is 0 Å². The molecule has 1 aliphatic rings. The standard InChI is InChI=1S/C3H7N.C3H6/c1-2-4-3-1;1-3-2/h4H,1-3H2;3H,1H2,2H3. The molecule has 1 rings (SSSR count). The van der Waals surface area contributed by atoms with Crippen LogP contribution in [0.2, 0.25) is 0 Å². The average molecular weight is 99.2 g/mol. The summed E-state index contributed by atoms with van der Waals surface area (Å²) in [5.74, 6) is 0. The van der Waals surface area contributed by atoms with Crippen LogP contribution in [0.1, 0.15) is 13.3 Å². The summed E-state index contributed by atoms with van der Waals surface area (Å²) in [5, 5.41) is 3.11. The first-order valence-electron chi connectivity index (χ1n) is 2.69. The minimum atomic E-state index is 1.25. The molecule has 0 aromatic heterocycles. The average Bonchev–Trinajstić information content (AvgIpc) is 1.27. The molecule has 1 heteroatoms. The Morgan fingerprint density at radius 3 is 1.71 bits per heavy atom. The van der Waals surface area contributed by atoms with E-state index in [1.54, 1.807) is 6.08 Å². The van der Waals surface area contributed by atoms with Crippen molar-refractivity contribution in [3.63, 3.8) is 0 Å². The zero-order valence-corrected chi connectivity index (χ0v) is 4.91. The minimum Gasteiger partial charge on any atom is -0.317 e. The molecule has 0 aromatic carbocycles. The summed E-state index contributed by atoms with van der Waals surface area (Å²) < 4.78 is 0. The highest BCUT2D eigenvalue weighted by atomic mass is 14.9. The molecule has 1 nitrogen and oxygen atoms in total. The first-order valence-corrected chi connectivity index (χ1v) is 2.69. The number of allylic oxidation sites excluding steroid dienone is 1. The van der Waals surface area contributed by atoms with E-state index in [2.05, 4.69) is 11.9 Å². The fourth-order valence-corrected chi connectivity index (χ4v) is 0.177. The van der Waals surface area contributed by atoms with Crippen LogP contribution in [0.15, 0.2) is 12.7 Å². The second kappa shape index (κ2) is 5.70. The van der Waals surface area contributed by atoms with Gasteiger partial charge in [-0.15, -0.1) is 6.58 Å². The van der Waals surface area contributed by atoms with Crippen LogP contribution < -0.4 is 5.32 Å². The van der Waals surface area contributed by atoms with Crippen LogP contribution in [0.3, 0.4) is 0 Å². The van der Waals surface area contributed by atoms with Gasteiger partial charge in [0.2, 0.25) is 0 Å². The van der Waals surface area contributed by atoms with E-state index in [0.29, 0.717) is 0 Å². The lowest BCUT2D eigenvalue weighted by Gasteiger charge is -2.09. The summed E-state index contributed by atoms with van der Waals surface area (Å²) in [4.78, 5) is 0. The van der Waals surface area contributed by atoms with Crippen LogP contribution >= 0.6 is 0 Å². The summed E-state index contributed by atoms with van der Waals surface area (Å²) in [6, 6.07) is 0. The number of nitrogens with one attached hydrogen (secondary N) is 1. The molecule has 42 valence electrons. The topological polar surface area (TPSA) is 12.0 Å². The smallest absolute Gasteiger partial charge is 0.00368 e. The third-order valence-electron chi connectivity index (χ3n) is 0.707. The Morgan fingerprint density at radius 1 is 1.57 bits per heavy atom. The Morgan fingerprint density at radius 2 is 1.71 bits per heavy atom. The molecule has 0 aliphatic carbocycles. The van der Waals surface area contributed by atoms with Crippen molar-refractivity contribution in [2.45, 2.75) is 13.3 Å². The monoisotopic (exact) mass is 99.1 g/mol. The SMILES string of the molecule is C1CNC1.C=CC. The molecule has 0 aromatic rings. The van der Waals surface area contributed by atoms with Gasteiger partial charge >= 0.3 is 0 Å². The molecule has 0 radical (unpaired) electrons. The molecule has 0 saturated carbocycles. The first-order chi connectivity index (χ1) is 3.41. The van der Waals surface area contributed by atoms with Crippen molar-refractivity contribution < 1.29 is 0 Å². The highest BCUT2D eigenvalue weighted by molar-refractivity contribution is 4.56. The van der Waals surface area contributed by atoms with E-state index in [9.17, 15) is 0 Å². The van der Waals surface area contributed by atoms with Crippen LogP contribution in [0.4, 0.5) is 0 Å². The van der Waals surface area contributed by atoms with Crippen LogP contribution in [0.5, 0.6) is 0 Å². The van der Waals surface area contributed by atoms with Gasteiger partial charge in [0, 0.05) is 0 Å². The van der Waals surface area contributed by atoms with Gasteiger partial charge < -0.3 is 5.32 Å². The largest absolute Gasteiger partial charge is 0.317 e. The predicted octanol–water partition coefficient (Wildman–Crippen LogP) is 1.17. The Hall–Kier alpha value is -0.300. The van der Waals surface area contributed by atoms with Crippen LogP contribution in [-0.4, -0.2) is 13.1 Å². The quantitative estimate of drug-likeness (QED) is 0.449. The summed E-state index contributed by atoms with van der Waals surface area (Å²) >= 11 is 0. The van der Waals surface area contributed by atoms with Crippen molar-refractivity contribution in [3.8, 4) is 0 Å². The van der Waals surface area contributed by atoms with E-state index in [0.717, 1.165) is 0 Å². The Kier molecular flexibility index (Phi) is 5.46. The van der Waals surface area contributed by atoms with E-state index >= 15 is 0 Å². The third kappa shape index (κ3) is 5.70. The fraction of sp³-hybridized carbons (Fsp3) is 0.667. The lowest BCUT2D eigenvalue weighted by Crippen LogP contribution is -2.29. The van der Waals surface area contributed by atoms with E-state index in [1.807, 2.05) is 6.92 Å². The van der Waals surface area contributed by atoms with Gasteiger partial charge in [0.15, 0.2) is 0 Å². The maximum Gasteiger partial charge on any atom is -0.00368 e. The van der Waals surface area contributed by atoms with Gasteiger partial charge in [-0.3, -0.25) is 0 Å².